The van der Waals surface area contributed by atoms with Crippen LogP contribution in [-0.4, -0.2) is 12.6 Å². The van der Waals surface area contributed by atoms with E-state index in [0.717, 1.165) is 17.0 Å². The van der Waals surface area contributed by atoms with Crippen LogP contribution >= 0.6 is 11.3 Å². The Morgan fingerprint density at radius 2 is 2.11 bits per heavy atom. The van der Waals surface area contributed by atoms with Gasteiger partial charge in [-0.3, -0.25) is 0 Å². The summed E-state index contributed by atoms with van der Waals surface area (Å²) in [5, 5.41) is 1.90. The summed E-state index contributed by atoms with van der Waals surface area (Å²) in [6.45, 7) is 0.0625. The molecule has 0 bridgehead atoms. The predicted molar refractivity (Wildman–Crippen MR) is 69.1 cm³/mol. The highest BCUT2D eigenvalue weighted by Gasteiger charge is 2.20. The van der Waals surface area contributed by atoms with Crippen LogP contribution in [-0.2, 0) is 11.2 Å². The van der Waals surface area contributed by atoms with E-state index in [1.807, 2.05) is 17.5 Å². The summed E-state index contributed by atoms with van der Waals surface area (Å²) in [6.07, 6.45) is 0.509. The summed E-state index contributed by atoms with van der Waals surface area (Å²) >= 11 is 1.52. The second-order valence-electron chi connectivity index (χ2n) is 3.79. The highest BCUT2D eigenvalue weighted by molar-refractivity contribution is 7.09. The van der Waals surface area contributed by atoms with Crippen LogP contribution in [0.3, 0.4) is 0 Å². The molecule has 1 aromatic carbocycles. The van der Waals surface area contributed by atoms with Crippen molar-refractivity contribution in [2.24, 2.45) is 0 Å². The van der Waals surface area contributed by atoms with Gasteiger partial charge in [0, 0.05) is 11.3 Å². The normalized spacial score (nSPS) is 10.4. The summed E-state index contributed by atoms with van der Waals surface area (Å²) < 4.78 is 31.8. The maximum absolute atomic E-state index is 13.5. The second-order valence-corrected chi connectivity index (χ2v) is 4.82. The summed E-state index contributed by atoms with van der Waals surface area (Å²) in [4.78, 5) is 12.6. The Balaban J connectivity index is 2.02. The lowest BCUT2D eigenvalue weighted by Crippen LogP contribution is -2.13. The molecule has 100 valence electrons. The highest BCUT2D eigenvalue weighted by Crippen LogP contribution is 2.19. The van der Waals surface area contributed by atoms with E-state index >= 15 is 0 Å². The molecule has 0 saturated carbocycles. The lowest BCUT2D eigenvalue weighted by atomic mass is 10.1. The zero-order valence-electron chi connectivity index (χ0n) is 9.86. The molecule has 0 aliphatic carbocycles. The van der Waals surface area contributed by atoms with E-state index in [0.29, 0.717) is 6.42 Å². The van der Waals surface area contributed by atoms with Gasteiger partial charge in [0.1, 0.15) is 11.4 Å². The van der Waals surface area contributed by atoms with Crippen LogP contribution < -0.4 is 5.73 Å². The summed E-state index contributed by atoms with van der Waals surface area (Å²) in [7, 11) is 0. The molecule has 0 fully saturated rings. The number of halogens is 2. The molecular formula is C13H11F2NO2S. The Kier molecular flexibility index (Phi) is 4.11. The summed E-state index contributed by atoms with van der Waals surface area (Å²) in [6, 6.07) is 5.76. The first-order valence-corrected chi connectivity index (χ1v) is 6.40. The Labute approximate surface area is 112 Å². The lowest BCUT2D eigenvalue weighted by Gasteiger charge is -2.07. The Hall–Kier alpha value is -1.95. The van der Waals surface area contributed by atoms with Gasteiger partial charge in [0.15, 0.2) is 5.82 Å². The van der Waals surface area contributed by atoms with Crippen LogP contribution in [0.2, 0.25) is 0 Å². The largest absolute Gasteiger partial charge is 0.462 e. The van der Waals surface area contributed by atoms with Gasteiger partial charge in [-0.1, -0.05) is 6.07 Å². The number of carbonyl (C=O) groups excluding carboxylic acids is 1. The average Bonchev–Trinajstić information content (AvgIpc) is 2.87. The van der Waals surface area contributed by atoms with Crippen molar-refractivity contribution in [2.75, 3.05) is 12.3 Å². The standard InChI is InChI=1S/C13H11F2NO2S/c14-9-3-4-10(16)12(15)11(9)13(17)18-6-5-8-2-1-7-19-8/h1-4,7H,5-6,16H2. The van der Waals surface area contributed by atoms with Crippen molar-refractivity contribution in [3.8, 4) is 0 Å². The number of carbonyl (C=O) groups is 1. The first kappa shape index (κ1) is 13.5. The molecule has 1 heterocycles. The molecule has 0 unspecified atom stereocenters. The van der Waals surface area contributed by atoms with Crippen molar-refractivity contribution in [3.63, 3.8) is 0 Å². The van der Waals surface area contributed by atoms with Crippen molar-refractivity contribution in [1.82, 2.24) is 0 Å². The Morgan fingerprint density at radius 3 is 2.79 bits per heavy atom. The van der Waals surface area contributed by atoms with Gasteiger partial charge in [0.05, 0.1) is 12.3 Å². The molecule has 0 spiro atoms. The molecule has 0 amide bonds. The molecular weight excluding hydrogens is 272 g/mol. The maximum atomic E-state index is 13.5. The van der Waals surface area contributed by atoms with E-state index in [9.17, 15) is 13.6 Å². The molecule has 0 atom stereocenters. The number of hydrogen-bond donors (Lipinski definition) is 1. The number of thiophene rings is 1. The van der Waals surface area contributed by atoms with E-state index in [1.165, 1.54) is 11.3 Å². The van der Waals surface area contributed by atoms with Gasteiger partial charge in [0.25, 0.3) is 0 Å². The zero-order valence-corrected chi connectivity index (χ0v) is 10.7. The van der Waals surface area contributed by atoms with Gasteiger partial charge in [-0.25, -0.2) is 13.6 Å². The molecule has 1 aromatic heterocycles. The molecule has 2 aromatic rings. The number of benzene rings is 1. The van der Waals surface area contributed by atoms with E-state index in [2.05, 4.69) is 0 Å². The first-order valence-electron chi connectivity index (χ1n) is 5.52. The SMILES string of the molecule is Nc1ccc(F)c(C(=O)OCCc2cccs2)c1F. The molecule has 19 heavy (non-hydrogen) atoms. The molecule has 2 N–H and O–H groups in total. The van der Waals surface area contributed by atoms with Gasteiger partial charge in [-0.15, -0.1) is 11.3 Å². The number of rotatable bonds is 4. The van der Waals surface area contributed by atoms with Crippen molar-refractivity contribution in [2.45, 2.75) is 6.42 Å². The minimum atomic E-state index is -1.08. The van der Waals surface area contributed by atoms with Crippen LogP contribution in [0.4, 0.5) is 14.5 Å². The molecule has 3 nitrogen and oxygen atoms in total. The van der Waals surface area contributed by atoms with Crippen LogP contribution in [0.5, 0.6) is 0 Å². The number of ether oxygens (including phenoxy) is 1. The first-order chi connectivity index (χ1) is 9.09. The third-order valence-electron chi connectivity index (χ3n) is 2.49. The van der Waals surface area contributed by atoms with Crippen LogP contribution in [0.1, 0.15) is 15.2 Å². The molecule has 0 aliphatic rings. The molecule has 0 aliphatic heterocycles. The minimum Gasteiger partial charge on any atom is -0.462 e. The predicted octanol–water partition coefficient (Wildman–Crippen LogP) is 3.01. The number of nitrogen functional groups attached to an aromatic ring is 1. The van der Waals surface area contributed by atoms with Crippen LogP contribution in [0, 0.1) is 11.6 Å². The smallest absolute Gasteiger partial charge is 0.344 e. The fraction of sp³-hybridized carbons (Fsp3) is 0.154. The number of hydrogen-bond acceptors (Lipinski definition) is 4. The topological polar surface area (TPSA) is 52.3 Å². The lowest BCUT2D eigenvalue weighted by molar-refractivity contribution is 0.0499. The van der Waals surface area contributed by atoms with Crippen LogP contribution in [0.25, 0.3) is 0 Å². The quantitative estimate of drug-likeness (QED) is 0.693. The van der Waals surface area contributed by atoms with E-state index in [4.69, 9.17) is 10.5 Å². The van der Waals surface area contributed by atoms with Gasteiger partial charge in [0.2, 0.25) is 0 Å². The molecule has 0 saturated heterocycles. The fourth-order valence-electron chi connectivity index (χ4n) is 1.53. The molecule has 0 radical (unpaired) electrons. The van der Waals surface area contributed by atoms with Gasteiger partial charge in [-0.05, 0) is 23.6 Å². The minimum absolute atomic E-state index is 0.0625. The number of esters is 1. The summed E-state index contributed by atoms with van der Waals surface area (Å²) in [5.41, 5.74) is 4.26. The van der Waals surface area contributed by atoms with E-state index < -0.39 is 23.2 Å². The Morgan fingerprint density at radius 1 is 1.32 bits per heavy atom. The van der Waals surface area contributed by atoms with E-state index in [1.54, 1.807) is 0 Å². The van der Waals surface area contributed by atoms with E-state index in [-0.39, 0.29) is 12.3 Å². The van der Waals surface area contributed by atoms with Crippen molar-refractivity contribution < 1.29 is 18.3 Å². The monoisotopic (exact) mass is 283 g/mol. The van der Waals surface area contributed by atoms with Gasteiger partial charge in [-0.2, -0.15) is 0 Å². The van der Waals surface area contributed by atoms with Crippen LogP contribution in [0.15, 0.2) is 29.6 Å². The summed E-state index contributed by atoms with van der Waals surface area (Å²) in [5.74, 6) is -3.10. The highest BCUT2D eigenvalue weighted by atomic mass is 32.1. The Bertz CT molecular complexity index is 585. The zero-order chi connectivity index (χ0) is 13.8. The van der Waals surface area contributed by atoms with Crippen molar-refractivity contribution in [1.29, 1.82) is 0 Å². The molecule has 6 heteroatoms. The maximum Gasteiger partial charge on any atom is 0.344 e. The average molecular weight is 283 g/mol. The van der Waals surface area contributed by atoms with Crippen molar-refractivity contribution in [3.05, 3.63) is 51.7 Å². The third-order valence-corrected chi connectivity index (χ3v) is 3.42. The van der Waals surface area contributed by atoms with Gasteiger partial charge < -0.3 is 10.5 Å². The fourth-order valence-corrected chi connectivity index (χ4v) is 2.22. The second kappa shape index (κ2) is 5.79. The third kappa shape index (κ3) is 3.08. The molecule has 2 rings (SSSR count). The number of nitrogens with two attached hydrogens (primary N) is 1. The number of anilines is 1. The van der Waals surface area contributed by atoms with Gasteiger partial charge >= 0.3 is 5.97 Å². The van der Waals surface area contributed by atoms with Crippen molar-refractivity contribution >= 4 is 23.0 Å².